The molecule has 1 aliphatic rings. The molecule has 2 N–H and O–H groups in total. The summed E-state index contributed by atoms with van der Waals surface area (Å²) in [5.41, 5.74) is 6.21. The summed E-state index contributed by atoms with van der Waals surface area (Å²) in [7, 11) is 0. The first-order valence-electron chi connectivity index (χ1n) is 12.5. The van der Waals surface area contributed by atoms with E-state index in [0.29, 0.717) is 5.11 Å². The van der Waals surface area contributed by atoms with Crippen LogP contribution in [0.15, 0.2) is 79.0 Å². The third kappa shape index (κ3) is 4.75. The highest BCUT2D eigenvalue weighted by Crippen LogP contribution is 2.44. The van der Waals surface area contributed by atoms with E-state index in [2.05, 4.69) is 39.7 Å². The molecule has 2 unspecified atom stereocenters. The average Bonchev–Trinajstić information content (AvgIpc) is 3.39. The molecule has 1 fully saturated rings. The predicted molar refractivity (Wildman–Crippen MR) is 152 cm³/mol. The Morgan fingerprint density at radius 1 is 1.03 bits per heavy atom. The molecule has 5 rings (SSSR count). The second-order valence-corrected chi connectivity index (χ2v) is 10.1. The van der Waals surface area contributed by atoms with Gasteiger partial charge in [0, 0.05) is 29.0 Å². The number of anilines is 1. The smallest absolute Gasteiger partial charge is 0.335 e. The molecule has 0 bridgehead atoms. The number of rotatable bonds is 7. The summed E-state index contributed by atoms with van der Waals surface area (Å²) in [5, 5.41) is 13.5. The number of carboxylic acids is 1. The second-order valence-electron chi connectivity index (χ2n) is 9.67. The predicted octanol–water partition coefficient (Wildman–Crippen LogP) is 6.15. The summed E-state index contributed by atoms with van der Waals surface area (Å²) in [6.45, 7) is 8.15. The van der Waals surface area contributed by atoms with Crippen molar-refractivity contribution < 1.29 is 14.6 Å². The molecule has 2 atom stereocenters. The summed E-state index contributed by atoms with van der Waals surface area (Å²) in [6, 6.07) is 22.7. The van der Waals surface area contributed by atoms with E-state index < -0.39 is 5.97 Å². The number of benzene rings is 2. The standard InChI is InChI=1S/C30H30N4O3S/c1-18(2)37-24-14-12-23(13-15-24)34-28(27(32-30(34)38)26-7-5-6-16-31-26)25-17-19(3)33(20(25)4)22-10-8-21(9-11-22)29(35)36/h5-18,27-28H,1-4H3,(H,32,38)(H,35,36). The minimum atomic E-state index is -0.942. The highest BCUT2D eigenvalue weighted by Gasteiger charge is 2.42. The molecule has 0 spiro atoms. The fraction of sp³-hybridized carbons (Fsp3) is 0.233. The van der Waals surface area contributed by atoms with Gasteiger partial charge < -0.3 is 24.6 Å². The fourth-order valence-corrected chi connectivity index (χ4v) is 5.49. The number of aromatic carboxylic acids is 1. The van der Waals surface area contributed by atoms with Crippen molar-refractivity contribution in [2.45, 2.75) is 45.9 Å². The van der Waals surface area contributed by atoms with Crippen LogP contribution in [0, 0.1) is 13.8 Å². The Morgan fingerprint density at radius 2 is 1.71 bits per heavy atom. The van der Waals surface area contributed by atoms with Gasteiger partial charge in [-0.2, -0.15) is 0 Å². The van der Waals surface area contributed by atoms with E-state index in [-0.39, 0.29) is 23.8 Å². The van der Waals surface area contributed by atoms with Gasteiger partial charge in [0.2, 0.25) is 0 Å². The molecule has 4 aromatic rings. The van der Waals surface area contributed by atoms with Crippen LogP contribution in [-0.4, -0.2) is 31.8 Å². The Hall–Kier alpha value is -4.17. The number of carbonyl (C=O) groups is 1. The minimum absolute atomic E-state index is 0.0895. The molecule has 0 aliphatic carbocycles. The Kier molecular flexibility index (Phi) is 6.91. The van der Waals surface area contributed by atoms with Gasteiger partial charge in [-0.3, -0.25) is 4.98 Å². The Morgan fingerprint density at radius 3 is 2.32 bits per heavy atom. The molecule has 3 heterocycles. The van der Waals surface area contributed by atoms with E-state index in [1.54, 1.807) is 18.3 Å². The Labute approximate surface area is 227 Å². The number of thiocarbonyl (C=S) groups is 1. The SMILES string of the molecule is Cc1cc(C2C(c3ccccn3)NC(=S)N2c2ccc(OC(C)C)cc2)c(C)n1-c1ccc(C(=O)O)cc1. The highest BCUT2D eigenvalue weighted by molar-refractivity contribution is 7.80. The van der Waals surface area contributed by atoms with Crippen LogP contribution in [0.1, 0.15) is 58.9 Å². The van der Waals surface area contributed by atoms with Crippen molar-refractivity contribution in [2.75, 3.05) is 4.90 Å². The number of aromatic nitrogens is 2. The number of pyridine rings is 1. The molecule has 0 radical (unpaired) electrons. The van der Waals surface area contributed by atoms with Gasteiger partial charge in [-0.15, -0.1) is 0 Å². The molecule has 38 heavy (non-hydrogen) atoms. The van der Waals surface area contributed by atoms with E-state index in [0.717, 1.165) is 39.8 Å². The zero-order chi connectivity index (χ0) is 27.0. The third-order valence-corrected chi connectivity index (χ3v) is 7.06. The lowest BCUT2D eigenvalue weighted by atomic mass is 9.96. The van der Waals surface area contributed by atoms with Crippen molar-refractivity contribution in [3.05, 3.63) is 107 Å². The molecule has 0 saturated carbocycles. The molecule has 194 valence electrons. The monoisotopic (exact) mass is 526 g/mol. The zero-order valence-corrected chi connectivity index (χ0v) is 22.6. The van der Waals surface area contributed by atoms with Crippen molar-refractivity contribution in [3.8, 4) is 11.4 Å². The lowest BCUT2D eigenvalue weighted by Crippen LogP contribution is -2.29. The molecule has 7 nitrogen and oxygen atoms in total. The summed E-state index contributed by atoms with van der Waals surface area (Å²) in [5.74, 6) is -0.134. The topological polar surface area (TPSA) is 79.6 Å². The first kappa shape index (κ1) is 25.5. The van der Waals surface area contributed by atoms with Crippen LogP contribution in [0.5, 0.6) is 5.75 Å². The van der Waals surface area contributed by atoms with Gasteiger partial charge in [-0.25, -0.2) is 4.79 Å². The number of ether oxygens (including phenoxy) is 1. The van der Waals surface area contributed by atoms with E-state index in [9.17, 15) is 9.90 Å². The van der Waals surface area contributed by atoms with Crippen LogP contribution >= 0.6 is 12.2 Å². The highest BCUT2D eigenvalue weighted by atomic mass is 32.1. The van der Waals surface area contributed by atoms with Gasteiger partial charge in [0.25, 0.3) is 0 Å². The lowest BCUT2D eigenvalue weighted by molar-refractivity contribution is 0.0697. The number of carboxylic acid groups (broad SMARTS) is 1. The quantitative estimate of drug-likeness (QED) is 0.280. The van der Waals surface area contributed by atoms with E-state index in [4.69, 9.17) is 17.0 Å². The van der Waals surface area contributed by atoms with Crippen molar-refractivity contribution in [1.82, 2.24) is 14.9 Å². The first-order valence-corrected chi connectivity index (χ1v) is 13.0. The van der Waals surface area contributed by atoms with Gasteiger partial charge in [0.15, 0.2) is 5.11 Å². The fourth-order valence-electron chi connectivity index (χ4n) is 5.14. The van der Waals surface area contributed by atoms with Crippen molar-refractivity contribution in [2.24, 2.45) is 0 Å². The van der Waals surface area contributed by atoms with E-state index >= 15 is 0 Å². The third-order valence-electron chi connectivity index (χ3n) is 6.75. The van der Waals surface area contributed by atoms with Crippen LogP contribution in [0.4, 0.5) is 5.69 Å². The summed E-state index contributed by atoms with van der Waals surface area (Å²) < 4.78 is 8.00. The number of aryl methyl sites for hydroxylation is 1. The van der Waals surface area contributed by atoms with Crippen LogP contribution in [0.3, 0.4) is 0 Å². The molecule has 2 aromatic carbocycles. The van der Waals surface area contributed by atoms with Crippen LogP contribution < -0.4 is 15.0 Å². The van der Waals surface area contributed by atoms with Gasteiger partial charge in [0.05, 0.1) is 29.4 Å². The largest absolute Gasteiger partial charge is 0.491 e. The average molecular weight is 527 g/mol. The molecule has 2 aromatic heterocycles. The first-order chi connectivity index (χ1) is 18.2. The molecular weight excluding hydrogens is 496 g/mol. The van der Waals surface area contributed by atoms with Crippen LogP contribution in [0.25, 0.3) is 5.69 Å². The van der Waals surface area contributed by atoms with Crippen LogP contribution in [0.2, 0.25) is 0 Å². The van der Waals surface area contributed by atoms with Gasteiger partial charge >= 0.3 is 5.97 Å². The van der Waals surface area contributed by atoms with E-state index in [1.165, 1.54) is 0 Å². The molecular formula is C30H30N4O3S. The molecule has 1 aliphatic heterocycles. The van der Waals surface area contributed by atoms with Gasteiger partial charge in [-0.05, 0) is 112 Å². The maximum Gasteiger partial charge on any atom is 0.335 e. The second kappa shape index (κ2) is 10.3. The van der Waals surface area contributed by atoms with E-state index in [1.807, 2.05) is 68.4 Å². The Balaban J connectivity index is 1.61. The summed E-state index contributed by atoms with van der Waals surface area (Å²) in [6.07, 6.45) is 1.89. The number of hydrogen-bond acceptors (Lipinski definition) is 4. The minimum Gasteiger partial charge on any atom is -0.491 e. The number of hydrogen-bond donors (Lipinski definition) is 2. The van der Waals surface area contributed by atoms with Gasteiger partial charge in [0.1, 0.15) is 5.75 Å². The molecule has 1 saturated heterocycles. The maximum atomic E-state index is 11.4. The normalized spacial score (nSPS) is 17.1. The Bertz CT molecular complexity index is 1460. The van der Waals surface area contributed by atoms with Crippen molar-refractivity contribution in [1.29, 1.82) is 0 Å². The molecule has 8 heteroatoms. The number of nitrogens with one attached hydrogen (secondary N) is 1. The zero-order valence-electron chi connectivity index (χ0n) is 21.8. The van der Waals surface area contributed by atoms with Crippen LogP contribution in [-0.2, 0) is 0 Å². The van der Waals surface area contributed by atoms with Crippen molar-refractivity contribution >= 4 is 29.0 Å². The lowest BCUT2D eigenvalue weighted by Gasteiger charge is -2.28. The number of nitrogens with zero attached hydrogens (tertiary/aromatic N) is 3. The van der Waals surface area contributed by atoms with Crippen molar-refractivity contribution in [3.63, 3.8) is 0 Å². The van der Waals surface area contributed by atoms with Gasteiger partial charge in [-0.1, -0.05) is 6.07 Å². The summed E-state index contributed by atoms with van der Waals surface area (Å²) in [4.78, 5) is 18.2. The summed E-state index contributed by atoms with van der Waals surface area (Å²) >= 11 is 5.89. The maximum absolute atomic E-state index is 11.4. The molecule has 0 amide bonds.